The van der Waals surface area contributed by atoms with Crippen LogP contribution in [0.4, 0.5) is 0 Å². The molecule has 0 aliphatic heterocycles. The Kier molecular flexibility index (Phi) is 6.31. The summed E-state index contributed by atoms with van der Waals surface area (Å²) in [5, 5.41) is 0. The van der Waals surface area contributed by atoms with Crippen LogP contribution in [0.25, 0.3) is 0 Å². The zero-order valence-corrected chi connectivity index (χ0v) is 15.5. The summed E-state index contributed by atoms with van der Waals surface area (Å²) in [4.78, 5) is 0. The first-order valence-electron chi connectivity index (χ1n) is 8.27. The molecule has 0 aromatic heterocycles. The van der Waals surface area contributed by atoms with Crippen molar-refractivity contribution in [2.75, 3.05) is 0 Å². The van der Waals surface area contributed by atoms with E-state index < -0.39 is 0 Å². The van der Waals surface area contributed by atoms with Crippen LogP contribution < -0.4 is 0 Å². The summed E-state index contributed by atoms with van der Waals surface area (Å²) in [7, 11) is 2.74. The Morgan fingerprint density at radius 1 is 0.579 bits per heavy atom. The lowest BCUT2D eigenvalue weighted by atomic mass is 9.30. The highest BCUT2D eigenvalue weighted by Gasteiger charge is 2.36. The highest BCUT2D eigenvalue weighted by molar-refractivity contribution is 7.00. The Balaban J connectivity index is 4.27. The van der Waals surface area contributed by atoms with E-state index in [1.54, 1.807) is 0 Å². The number of hydrogen-bond acceptors (Lipinski definition) is 0. The molecule has 0 saturated heterocycles. The Morgan fingerprint density at radius 3 is 1.26 bits per heavy atom. The van der Waals surface area contributed by atoms with Crippen molar-refractivity contribution in [1.82, 2.24) is 0 Å². The molecule has 0 aromatic carbocycles. The molecule has 0 aromatic rings. The highest BCUT2D eigenvalue weighted by Crippen LogP contribution is 2.44. The van der Waals surface area contributed by atoms with Gasteiger partial charge in [-0.3, -0.25) is 0 Å². The number of hydrogen-bond donors (Lipinski definition) is 0. The van der Waals surface area contributed by atoms with Crippen molar-refractivity contribution < 1.29 is 0 Å². The van der Waals surface area contributed by atoms with Gasteiger partial charge in [-0.05, 0) is 21.7 Å². The van der Waals surface area contributed by atoms with Gasteiger partial charge < -0.3 is 0 Å². The summed E-state index contributed by atoms with van der Waals surface area (Å²) in [5.74, 6) is 0. The van der Waals surface area contributed by atoms with Crippen LogP contribution >= 0.6 is 0 Å². The Hall–Kier alpha value is 0.130. The third-order valence-electron chi connectivity index (χ3n) is 6.60. The van der Waals surface area contributed by atoms with Crippen molar-refractivity contribution in [3.05, 3.63) is 0 Å². The molecule has 0 radical (unpaired) electrons. The van der Waals surface area contributed by atoms with Gasteiger partial charge in [-0.15, -0.1) is 0 Å². The monoisotopic (exact) mass is 264 g/mol. The van der Waals surface area contributed by atoms with Crippen LogP contribution in [-0.2, 0) is 0 Å². The molecule has 0 fully saturated rings. The van der Waals surface area contributed by atoms with Crippen molar-refractivity contribution in [1.29, 1.82) is 0 Å². The van der Waals surface area contributed by atoms with Crippen molar-refractivity contribution >= 4 is 14.3 Å². The second kappa shape index (κ2) is 6.27. The van der Waals surface area contributed by atoms with Gasteiger partial charge in [-0.1, -0.05) is 88.3 Å². The summed E-state index contributed by atoms with van der Waals surface area (Å²) in [5.41, 5.74) is 1.75. The summed E-state index contributed by atoms with van der Waals surface area (Å²) in [6.07, 6.45) is 3.97. The Morgan fingerprint density at radius 2 is 0.947 bits per heavy atom. The van der Waals surface area contributed by atoms with Crippen LogP contribution in [0.3, 0.4) is 0 Å². The lowest BCUT2D eigenvalue weighted by molar-refractivity contribution is 0.127. The first-order valence-corrected chi connectivity index (χ1v) is 8.27. The van der Waals surface area contributed by atoms with E-state index in [1.807, 2.05) is 0 Å². The fraction of sp³-hybridized carbons (Fsp3) is 1.00. The van der Waals surface area contributed by atoms with Gasteiger partial charge in [0.15, 0.2) is 0 Å². The van der Waals surface area contributed by atoms with Gasteiger partial charge in [0.1, 0.15) is 0 Å². The molecule has 0 saturated carbocycles. The van der Waals surface area contributed by atoms with Crippen molar-refractivity contribution in [3.8, 4) is 0 Å². The maximum Gasteiger partial charge on any atom is 0.0872 e. The molecular formula is C17H38B2. The van der Waals surface area contributed by atoms with Gasteiger partial charge in [0, 0.05) is 0 Å². The van der Waals surface area contributed by atoms with Crippen LogP contribution in [-0.4, -0.2) is 14.3 Å². The predicted molar refractivity (Wildman–Crippen MR) is 95.0 cm³/mol. The van der Waals surface area contributed by atoms with Gasteiger partial charge in [-0.2, -0.15) is 0 Å². The van der Waals surface area contributed by atoms with E-state index in [0.29, 0.717) is 21.7 Å². The van der Waals surface area contributed by atoms with E-state index in [0.717, 1.165) is 0 Å². The van der Waals surface area contributed by atoms with E-state index in [4.69, 9.17) is 0 Å². The van der Waals surface area contributed by atoms with Crippen molar-refractivity contribution in [2.45, 2.75) is 88.3 Å². The molecule has 0 nitrogen and oxygen atoms in total. The minimum absolute atomic E-state index is 0.408. The lowest BCUT2D eigenvalue weighted by Crippen LogP contribution is -2.35. The minimum atomic E-state index is 0.408. The predicted octanol–water partition coefficient (Wildman–Crippen LogP) is 5.15. The van der Waals surface area contributed by atoms with Crippen LogP contribution in [0, 0.1) is 21.7 Å². The second-order valence-electron chi connectivity index (χ2n) is 9.46. The van der Waals surface area contributed by atoms with E-state index in [9.17, 15) is 0 Å². The Labute approximate surface area is 125 Å². The molecule has 0 spiro atoms. The standard InChI is InChI=1S/C17H38B2/c1-11-15(5,6)17(9,10)13-19-18-12-16(7,8)14(2,3)4/h18-19H,11-13H2,1-10H3. The third kappa shape index (κ3) is 5.20. The summed E-state index contributed by atoms with van der Waals surface area (Å²) < 4.78 is 0. The van der Waals surface area contributed by atoms with Crippen molar-refractivity contribution in [3.63, 3.8) is 0 Å². The first-order chi connectivity index (χ1) is 8.27. The molecule has 0 rings (SSSR count). The first kappa shape index (κ1) is 19.1. The molecule has 0 unspecified atom stereocenters. The van der Waals surface area contributed by atoms with Crippen LogP contribution in [0.2, 0.25) is 12.6 Å². The smallest absolute Gasteiger partial charge is 0.0791 e. The van der Waals surface area contributed by atoms with Gasteiger partial charge in [0.25, 0.3) is 0 Å². The van der Waals surface area contributed by atoms with Gasteiger partial charge in [0.05, 0.1) is 14.3 Å². The van der Waals surface area contributed by atoms with Gasteiger partial charge in [-0.25, -0.2) is 0 Å². The second-order valence-corrected chi connectivity index (χ2v) is 9.46. The average Bonchev–Trinajstić information content (AvgIpc) is 2.22. The topological polar surface area (TPSA) is 0 Å². The third-order valence-corrected chi connectivity index (χ3v) is 6.60. The largest absolute Gasteiger partial charge is 0.0872 e. The van der Waals surface area contributed by atoms with Gasteiger partial charge >= 0.3 is 0 Å². The SMILES string of the molecule is CCC(C)(C)C(C)(C)CBBCC(C)(C)C(C)(C)C. The fourth-order valence-electron chi connectivity index (χ4n) is 2.33. The molecule has 0 aliphatic rings. The minimum Gasteiger partial charge on any atom is -0.0791 e. The summed E-state index contributed by atoms with van der Waals surface area (Å²) in [6, 6.07) is 0. The maximum atomic E-state index is 2.45. The zero-order valence-electron chi connectivity index (χ0n) is 15.5. The zero-order chi connectivity index (χ0) is 15.5. The molecule has 0 bridgehead atoms. The van der Waals surface area contributed by atoms with Gasteiger partial charge in [0.2, 0.25) is 0 Å². The molecule has 2 heteroatoms. The molecule has 0 heterocycles. The van der Waals surface area contributed by atoms with Crippen LogP contribution in [0.15, 0.2) is 0 Å². The lowest BCUT2D eigenvalue weighted by Gasteiger charge is -2.42. The fourth-order valence-corrected chi connectivity index (χ4v) is 2.33. The van der Waals surface area contributed by atoms with E-state index >= 15 is 0 Å². The van der Waals surface area contributed by atoms with Crippen LogP contribution in [0.1, 0.15) is 75.7 Å². The molecular weight excluding hydrogens is 226 g/mol. The molecule has 0 atom stereocenters. The Bertz CT molecular complexity index is 269. The van der Waals surface area contributed by atoms with E-state index in [1.165, 1.54) is 33.4 Å². The molecule has 19 heavy (non-hydrogen) atoms. The summed E-state index contributed by atoms with van der Waals surface area (Å²) in [6.45, 7) is 24.0. The molecule has 0 N–H and O–H groups in total. The highest BCUT2D eigenvalue weighted by atomic mass is 14.4. The molecule has 0 amide bonds. The normalized spacial score (nSPS) is 14.4. The summed E-state index contributed by atoms with van der Waals surface area (Å²) >= 11 is 0. The van der Waals surface area contributed by atoms with Crippen LogP contribution in [0.5, 0.6) is 0 Å². The molecule has 112 valence electrons. The van der Waals surface area contributed by atoms with Crippen molar-refractivity contribution in [2.24, 2.45) is 21.7 Å². The quantitative estimate of drug-likeness (QED) is 0.441. The van der Waals surface area contributed by atoms with E-state index in [2.05, 4.69) is 69.2 Å². The average molecular weight is 264 g/mol. The maximum absolute atomic E-state index is 2.45. The van der Waals surface area contributed by atoms with E-state index in [-0.39, 0.29) is 0 Å². The number of rotatable bonds is 7. The molecule has 0 aliphatic carbocycles.